The number of nitrogens with two attached hydrogens (primary N) is 1. The van der Waals surface area contributed by atoms with Crippen LogP contribution in [0.1, 0.15) is 6.42 Å². The Labute approximate surface area is 190 Å². The maximum atomic E-state index is 11.9. The molecule has 0 amide bonds. The lowest BCUT2D eigenvalue weighted by Crippen LogP contribution is -2.36. The molecule has 2 aromatic carbocycles. The van der Waals surface area contributed by atoms with Crippen molar-refractivity contribution in [2.45, 2.75) is 12.5 Å². The van der Waals surface area contributed by atoms with Crippen LogP contribution in [0.5, 0.6) is 5.75 Å². The van der Waals surface area contributed by atoms with Crippen molar-refractivity contribution < 1.29 is 19.4 Å². The molecule has 0 unspecified atom stereocenters. The fourth-order valence-corrected chi connectivity index (χ4v) is 3.78. The zero-order chi connectivity index (χ0) is 19.0. The predicted octanol–water partition coefficient (Wildman–Crippen LogP) is 4.08. The monoisotopic (exact) mass is 541 g/mol. The Bertz CT molecular complexity index is 1170. The van der Waals surface area contributed by atoms with Crippen LogP contribution in [0, 0.1) is 0 Å². The van der Waals surface area contributed by atoms with Gasteiger partial charge < -0.3 is 15.6 Å². The summed E-state index contributed by atoms with van der Waals surface area (Å²) in [7, 11) is 0. The molecule has 0 fully saturated rings. The number of halogens is 2. The van der Waals surface area contributed by atoms with Gasteiger partial charge in [-0.3, -0.25) is 9.20 Å². The number of para-hydroxylation sites is 1. The Morgan fingerprint density at radius 1 is 1.17 bits per heavy atom. The van der Waals surface area contributed by atoms with Crippen LogP contribution in [0.2, 0.25) is 0 Å². The molecule has 0 aliphatic heterocycles. The molecular weight excluding hydrogens is 526 g/mol. The fourth-order valence-electron chi connectivity index (χ4n) is 2.77. The predicted molar refractivity (Wildman–Crippen MR) is 123 cm³/mol. The van der Waals surface area contributed by atoms with Crippen LogP contribution in [-0.2, 0) is 9.59 Å². The molecule has 152 valence electrons. The normalized spacial score (nSPS) is 11.5. The number of imidazole rings is 1. The lowest BCUT2D eigenvalue weighted by Gasteiger charge is -2.09. The largest absolute Gasteiger partial charge is 0.481 e. The number of nitrogens with zero attached hydrogens (tertiary/aromatic N) is 2. The maximum absolute atomic E-state index is 11.9. The van der Waals surface area contributed by atoms with Crippen molar-refractivity contribution >= 4 is 72.4 Å². The number of carboxylic acid groups (broad SMARTS) is 1. The van der Waals surface area contributed by atoms with Crippen LogP contribution in [0.3, 0.4) is 0 Å². The molecule has 29 heavy (non-hydrogen) atoms. The number of fused-ring (bicyclic) bond motifs is 3. The van der Waals surface area contributed by atoms with Gasteiger partial charge in [0.25, 0.3) is 0 Å². The van der Waals surface area contributed by atoms with E-state index < -0.39 is 24.4 Å². The Balaban J connectivity index is 0.00000150. The molecule has 4 rings (SSSR count). The van der Waals surface area contributed by atoms with E-state index >= 15 is 0 Å². The zero-order valence-corrected chi connectivity index (χ0v) is 19.1. The highest BCUT2D eigenvalue weighted by molar-refractivity contribution is 8.93. The number of thiazole rings is 1. The number of carboxylic acids is 1. The van der Waals surface area contributed by atoms with E-state index in [1.807, 2.05) is 34.9 Å². The minimum absolute atomic E-state index is 0. The Hall–Kier alpha value is -2.27. The molecule has 0 saturated heterocycles. The lowest BCUT2D eigenvalue weighted by molar-refractivity contribution is -0.143. The van der Waals surface area contributed by atoms with Crippen LogP contribution in [0.15, 0.2) is 54.7 Å². The summed E-state index contributed by atoms with van der Waals surface area (Å²) in [5.74, 6) is -1.65. The van der Waals surface area contributed by atoms with E-state index in [2.05, 4.69) is 11.1 Å². The molecule has 0 aliphatic rings. The van der Waals surface area contributed by atoms with Gasteiger partial charge in [-0.1, -0.05) is 35.6 Å². The van der Waals surface area contributed by atoms with E-state index in [9.17, 15) is 9.59 Å². The third kappa shape index (κ3) is 4.84. The summed E-state index contributed by atoms with van der Waals surface area (Å²) in [6.45, 7) is 0. The van der Waals surface area contributed by atoms with Gasteiger partial charge in [0.2, 0.25) is 0 Å². The van der Waals surface area contributed by atoms with E-state index in [-0.39, 0.29) is 34.0 Å². The van der Waals surface area contributed by atoms with Crippen molar-refractivity contribution in [3.63, 3.8) is 0 Å². The number of hydrogen-bond donors (Lipinski definition) is 2. The quantitative estimate of drug-likeness (QED) is 0.291. The van der Waals surface area contributed by atoms with Gasteiger partial charge in [-0.05, 0) is 24.3 Å². The van der Waals surface area contributed by atoms with E-state index in [0.29, 0.717) is 5.75 Å². The van der Waals surface area contributed by atoms with Gasteiger partial charge in [-0.25, -0.2) is 9.78 Å². The molecule has 3 N–H and O–H groups in total. The number of carbonyl (C=O) groups is 2. The van der Waals surface area contributed by atoms with Gasteiger partial charge in [0.1, 0.15) is 11.8 Å². The second kappa shape index (κ2) is 9.49. The highest BCUT2D eigenvalue weighted by atomic mass is 79.9. The second-order valence-electron chi connectivity index (χ2n) is 6.00. The van der Waals surface area contributed by atoms with Gasteiger partial charge in [0.15, 0.2) is 4.96 Å². The van der Waals surface area contributed by atoms with Gasteiger partial charge in [-0.2, -0.15) is 0 Å². The summed E-state index contributed by atoms with van der Waals surface area (Å²) in [5, 5.41) is 8.72. The molecular formula is C19H17Br2N3O4S. The highest BCUT2D eigenvalue weighted by Gasteiger charge is 2.19. The SMILES string of the molecule is Br.Br.N[C@@H](CC(=O)O)C(=O)Oc1cccc(-c2cn3c(n2)sc2ccccc23)c1. The van der Waals surface area contributed by atoms with Crippen LogP contribution in [-0.4, -0.2) is 32.5 Å². The molecule has 7 nitrogen and oxygen atoms in total. The van der Waals surface area contributed by atoms with Crippen molar-refractivity contribution in [2.75, 3.05) is 0 Å². The molecule has 0 saturated carbocycles. The molecule has 0 aliphatic carbocycles. The third-order valence-electron chi connectivity index (χ3n) is 4.05. The first-order chi connectivity index (χ1) is 13.0. The van der Waals surface area contributed by atoms with E-state index in [1.54, 1.807) is 29.5 Å². The molecule has 0 spiro atoms. The molecule has 4 aromatic rings. The van der Waals surface area contributed by atoms with Gasteiger partial charge in [0.05, 0.1) is 22.3 Å². The first-order valence-corrected chi connectivity index (χ1v) is 8.99. The Morgan fingerprint density at radius 3 is 2.69 bits per heavy atom. The standard InChI is InChI=1S/C19H15N3O4S.2BrH/c20-13(9-17(23)24)18(25)26-12-5-3-4-11(8-12)14-10-22-15-6-1-2-7-16(15)27-19(22)21-14;;/h1-8,10,13H,9,20H2,(H,23,24);2*1H/t13-;;/m0../s1. The summed E-state index contributed by atoms with van der Waals surface area (Å²) in [6.07, 6.45) is 1.45. The first-order valence-electron chi connectivity index (χ1n) is 8.17. The minimum atomic E-state index is -1.21. The van der Waals surface area contributed by atoms with Gasteiger partial charge in [-0.15, -0.1) is 34.0 Å². The van der Waals surface area contributed by atoms with Gasteiger partial charge in [0, 0.05) is 11.8 Å². The maximum Gasteiger partial charge on any atom is 0.328 e. The van der Waals surface area contributed by atoms with Crippen LogP contribution in [0.4, 0.5) is 0 Å². The Kier molecular flexibility index (Phi) is 7.53. The average Bonchev–Trinajstić information content (AvgIpc) is 3.19. The summed E-state index contributed by atoms with van der Waals surface area (Å²) < 4.78 is 8.38. The second-order valence-corrected chi connectivity index (χ2v) is 7.01. The number of rotatable bonds is 5. The van der Waals surface area contributed by atoms with E-state index in [0.717, 1.165) is 26.4 Å². The Morgan fingerprint density at radius 2 is 1.93 bits per heavy atom. The van der Waals surface area contributed by atoms with Gasteiger partial charge >= 0.3 is 11.9 Å². The first kappa shape index (κ1) is 23.0. The van der Waals surface area contributed by atoms with Crippen LogP contribution < -0.4 is 10.5 Å². The number of aliphatic carboxylic acids is 1. The molecule has 2 aromatic heterocycles. The average molecular weight is 543 g/mol. The van der Waals surface area contributed by atoms with E-state index in [4.69, 9.17) is 15.6 Å². The molecule has 10 heteroatoms. The lowest BCUT2D eigenvalue weighted by atomic mass is 10.1. The van der Waals surface area contributed by atoms with Crippen LogP contribution in [0.25, 0.3) is 26.4 Å². The van der Waals surface area contributed by atoms with Crippen molar-refractivity contribution in [1.82, 2.24) is 9.38 Å². The number of aromatic nitrogens is 2. The number of ether oxygens (including phenoxy) is 1. The minimum Gasteiger partial charge on any atom is -0.481 e. The highest BCUT2D eigenvalue weighted by Crippen LogP contribution is 2.30. The summed E-state index contributed by atoms with van der Waals surface area (Å²) in [6, 6.07) is 13.7. The van der Waals surface area contributed by atoms with Crippen molar-refractivity contribution in [1.29, 1.82) is 0 Å². The number of hydrogen-bond acceptors (Lipinski definition) is 6. The molecule has 0 radical (unpaired) electrons. The molecule has 1 atom stereocenters. The van der Waals surface area contributed by atoms with Crippen molar-refractivity contribution in [3.8, 4) is 17.0 Å². The molecule has 2 heterocycles. The topological polar surface area (TPSA) is 107 Å². The number of esters is 1. The van der Waals surface area contributed by atoms with Crippen molar-refractivity contribution in [2.24, 2.45) is 5.73 Å². The summed E-state index contributed by atoms with van der Waals surface area (Å²) >= 11 is 1.60. The van der Waals surface area contributed by atoms with E-state index in [1.165, 1.54) is 0 Å². The zero-order valence-electron chi connectivity index (χ0n) is 14.8. The molecule has 0 bridgehead atoms. The number of benzene rings is 2. The summed E-state index contributed by atoms with van der Waals surface area (Å²) in [4.78, 5) is 28.1. The van der Waals surface area contributed by atoms with Crippen LogP contribution >= 0.6 is 45.3 Å². The summed E-state index contributed by atoms with van der Waals surface area (Å²) in [5.41, 5.74) is 8.15. The van der Waals surface area contributed by atoms with Crippen molar-refractivity contribution in [3.05, 3.63) is 54.7 Å². The third-order valence-corrected chi connectivity index (χ3v) is 5.08. The fraction of sp³-hybridized carbons (Fsp3) is 0.105. The smallest absolute Gasteiger partial charge is 0.328 e. The number of carbonyl (C=O) groups excluding carboxylic acids is 1.